The van der Waals surface area contributed by atoms with Crippen LogP contribution >= 0.6 is 0 Å². The second-order valence-electron chi connectivity index (χ2n) is 4.70. The van der Waals surface area contributed by atoms with Crippen molar-refractivity contribution in [1.82, 2.24) is 0 Å². The van der Waals surface area contributed by atoms with Gasteiger partial charge in [0.15, 0.2) is 0 Å². The van der Waals surface area contributed by atoms with Crippen LogP contribution in [0, 0.1) is 61.3 Å². The van der Waals surface area contributed by atoms with Crippen molar-refractivity contribution in [2.24, 2.45) is 0 Å². The summed E-state index contributed by atoms with van der Waals surface area (Å²) in [5.41, 5.74) is 3.75. The Hall–Kier alpha value is 0.972. The molecule has 3 heteroatoms. The van der Waals surface area contributed by atoms with Gasteiger partial charge in [0.2, 0.25) is 0 Å². The van der Waals surface area contributed by atoms with E-state index in [1.54, 1.807) is 0 Å². The van der Waals surface area contributed by atoms with Gasteiger partial charge in [-0.3, -0.25) is 0 Å². The monoisotopic (exact) mass is 601 g/mol. The van der Waals surface area contributed by atoms with Crippen molar-refractivity contribution in [3.63, 3.8) is 0 Å². The first-order valence-corrected chi connectivity index (χ1v) is 6.97. The largest absolute Gasteiger partial charge is 0.358 e. The molecule has 0 aliphatic rings. The van der Waals surface area contributed by atoms with Crippen LogP contribution in [0.1, 0.15) is 24.1 Å². The van der Waals surface area contributed by atoms with Gasteiger partial charge in [0.1, 0.15) is 0 Å². The minimum atomic E-state index is 0. The molecular formula is C25H34Y3-6. The maximum atomic E-state index is 3.03. The Morgan fingerprint density at radius 2 is 1.14 bits per heavy atom. The summed E-state index contributed by atoms with van der Waals surface area (Å²) in [6.07, 6.45) is 0. The summed E-state index contributed by atoms with van der Waals surface area (Å²) in [5, 5.41) is 0. The minimum absolute atomic E-state index is 0. The molecule has 0 bridgehead atoms. The molecule has 0 spiro atoms. The summed E-state index contributed by atoms with van der Waals surface area (Å²) in [6.45, 7) is 6.14. The quantitative estimate of drug-likeness (QED) is 0.236. The summed E-state index contributed by atoms with van der Waals surface area (Å²) in [7, 11) is 0. The first kappa shape index (κ1) is 47.0. The van der Waals surface area contributed by atoms with Crippen molar-refractivity contribution in [2.45, 2.75) is 28.2 Å². The van der Waals surface area contributed by atoms with Crippen molar-refractivity contribution in [3.05, 3.63) is 130 Å². The van der Waals surface area contributed by atoms with E-state index in [9.17, 15) is 0 Å². The standard InChI is InChI=1S/3C7H7.CH4.3CH3.3Y/c3*1-7-5-3-2-4-6-7;;;;;;;/h3-6H,1H3;2-3,5-6H,1H3;2-5H,1H3;1H4;3*1H3;;;/q3*-1;;3*-1;;;. The third-order valence-electron chi connectivity index (χ3n) is 2.61. The first-order chi connectivity index (χ1) is 10.2. The zero-order chi connectivity index (χ0) is 15.3. The van der Waals surface area contributed by atoms with E-state index < -0.39 is 0 Å². The predicted molar refractivity (Wildman–Crippen MR) is 116 cm³/mol. The molecule has 3 aromatic carbocycles. The molecule has 0 unspecified atom stereocenters. The van der Waals surface area contributed by atoms with Crippen molar-refractivity contribution in [2.75, 3.05) is 0 Å². The van der Waals surface area contributed by atoms with Crippen LogP contribution in [0.3, 0.4) is 0 Å². The molecule has 0 N–H and O–H groups in total. The van der Waals surface area contributed by atoms with E-state index in [1.807, 2.05) is 73.7 Å². The summed E-state index contributed by atoms with van der Waals surface area (Å²) >= 11 is 0. The van der Waals surface area contributed by atoms with Crippen LogP contribution in [-0.4, -0.2) is 0 Å². The number of hydrogen-bond acceptors (Lipinski definition) is 0. The molecule has 0 aliphatic carbocycles. The number of hydrogen-bond donors (Lipinski definition) is 0. The van der Waals surface area contributed by atoms with E-state index in [2.05, 4.69) is 38.1 Å². The molecule has 0 saturated heterocycles. The fourth-order valence-electron chi connectivity index (χ4n) is 1.44. The van der Waals surface area contributed by atoms with E-state index in [-0.39, 0.29) is 128 Å². The topological polar surface area (TPSA) is 0 Å². The minimum Gasteiger partial charge on any atom is -0.358 e. The molecule has 3 rings (SSSR count). The van der Waals surface area contributed by atoms with Crippen LogP contribution < -0.4 is 0 Å². The molecular weight excluding hydrogens is 567 g/mol. The van der Waals surface area contributed by atoms with Gasteiger partial charge in [-0.1, -0.05) is 28.2 Å². The van der Waals surface area contributed by atoms with Gasteiger partial charge in [0.25, 0.3) is 0 Å². The fourth-order valence-corrected chi connectivity index (χ4v) is 1.44. The molecule has 0 atom stereocenters. The zero-order valence-electron chi connectivity index (χ0n) is 17.7. The van der Waals surface area contributed by atoms with E-state index >= 15 is 0 Å². The third-order valence-corrected chi connectivity index (χ3v) is 2.61. The van der Waals surface area contributed by atoms with Crippen LogP contribution in [0.25, 0.3) is 0 Å². The van der Waals surface area contributed by atoms with Crippen LogP contribution in [-0.2, 0) is 98.1 Å². The van der Waals surface area contributed by atoms with E-state index in [0.29, 0.717) is 0 Å². The Kier molecular flexibility index (Phi) is 54.7. The van der Waals surface area contributed by atoms with Gasteiger partial charge in [0, 0.05) is 98.1 Å². The molecule has 0 amide bonds. The molecule has 0 aromatic heterocycles. The Balaban J connectivity index is -0.0000000420. The molecule has 149 valence electrons. The van der Waals surface area contributed by atoms with Crippen molar-refractivity contribution < 1.29 is 98.1 Å². The second kappa shape index (κ2) is 32.6. The van der Waals surface area contributed by atoms with E-state index in [0.717, 1.165) is 0 Å². The molecule has 0 aliphatic heterocycles. The summed E-state index contributed by atoms with van der Waals surface area (Å²) in [4.78, 5) is 0. The van der Waals surface area contributed by atoms with Crippen LogP contribution in [0.15, 0.2) is 72.8 Å². The van der Waals surface area contributed by atoms with Gasteiger partial charge in [-0.15, -0.1) is 0 Å². The van der Waals surface area contributed by atoms with Crippen molar-refractivity contribution in [1.29, 1.82) is 0 Å². The van der Waals surface area contributed by atoms with Crippen molar-refractivity contribution in [3.8, 4) is 0 Å². The first-order valence-electron chi connectivity index (χ1n) is 6.97. The molecule has 0 saturated carbocycles. The average molecular weight is 601 g/mol. The predicted octanol–water partition coefficient (Wildman–Crippen LogP) is 7.37. The maximum Gasteiger partial charge on any atom is 0 e. The average Bonchev–Trinajstić information content (AvgIpc) is 2.51. The Bertz CT molecular complexity index is 493. The van der Waals surface area contributed by atoms with Crippen LogP contribution in [0.2, 0.25) is 0 Å². The smallest absolute Gasteiger partial charge is 0 e. The molecule has 28 heavy (non-hydrogen) atoms. The van der Waals surface area contributed by atoms with Crippen LogP contribution in [0.5, 0.6) is 0 Å². The van der Waals surface area contributed by atoms with E-state index in [4.69, 9.17) is 0 Å². The molecule has 0 nitrogen and oxygen atoms in total. The van der Waals surface area contributed by atoms with Gasteiger partial charge in [0.05, 0.1) is 0 Å². The molecule has 3 aromatic rings. The van der Waals surface area contributed by atoms with Gasteiger partial charge < -0.3 is 22.3 Å². The van der Waals surface area contributed by atoms with Gasteiger partial charge in [-0.05, 0) is 0 Å². The number of benzene rings is 3. The summed E-state index contributed by atoms with van der Waals surface area (Å²) in [5.74, 6) is 0. The van der Waals surface area contributed by atoms with Crippen molar-refractivity contribution >= 4 is 0 Å². The van der Waals surface area contributed by atoms with E-state index in [1.165, 1.54) is 16.7 Å². The molecule has 0 heterocycles. The van der Waals surface area contributed by atoms with Gasteiger partial charge in [-0.25, -0.2) is 0 Å². The normalized spacial score (nSPS) is 6.54. The number of rotatable bonds is 0. The molecule has 0 fully saturated rings. The van der Waals surface area contributed by atoms with Gasteiger partial charge >= 0.3 is 0 Å². The third kappa shape index (κ3) is 29.2. The summed E-state index contributed by atoms with van der Waals surface area (Å²) in [6, 6.07) is 32.6. The summed E-state index contributed by atoms with van der Waals surface area (Å²) < 4.78 is 0. The maximum absolute atomic E-state index is 3.03. The zero-order valence-corrected chi connectivity index (χ0v) is 26.2. The molecule has 3 radical (unpaired) electrons. The number of aryl methyl sites for hydroxylation is 3. The Morgan fingerprint density at radius 1 is 0.571 bits per heavy atom. The Labute approximate surface area is 252 Å². The SMILES string of the molecule is C.Cc1[c-]cccc1.Cc1c[c-]ccc1.Cc1cc[c-]cc1.[CH3-].[CH3-].[CH3-].[Y].[Y].[Y]. The second-order valence-corrected chi connectivity index (χ2v) is 4.70. The Morgan fingerprint density at radius 3 is 1.36 bits per heavy atom. The van der Waals surface area contributed by atoms with Crippen LogP contribution in [0.4, 0.5) is 0 Å². The fraction of sp³-hybridized carbons (Fsp3) is 0.160. The van der Waals surface area contributed by atoms with Gasteiger partial charge in [-0.2, -0.15) is 108 Å².